The lowest BCUT2D eigenvalue weighted by Crippen LogP contribution is -2.45. The van der Waals surface area contributed by atoms with Crippen molar-refractivity contribution in [2.45, 2.75) is 33.0 Å². The van der Waals surface area contributed by atoms with Gasteiger partial charge in [0.1, 0.15) is 6.04 Å². The molecular formula is C15H23F3N2. The molecule has 1 aromatic rings. The highest BCUT2D eigenvalue weighted by atomic mass is 19.4. The molecule has 114 valence electrons. The molecule has 0 amide bonds. The topological polar surface area (TPSA) is 29.3 Å². The van der Waals surface area contributed by atoms with Crippen molar-refractivity contribution in [3.05, 3.63) is 35.9 Å². The summed E-state index contributed by atoms with van der Waals surface area (Å²) in [5.74, 6) is 0. The molecular weight excluding hydrogens is 265 g/mol. The van der Waals surface area contributed by atoms with Gasteiger partial charge in [0.2, 0.25) is 0 Å². The van der Waals surface area contributed by atoms with Crippen molar-refractivity contribution in [1.82, 2.24) is 4.90 Å². The van der Waals surface area contributed by atoms with E-state index in [1.54, 1.807) is 25.1 Å². The second kappa shape index (κ2) is 6.59. The highest BCUT2D eigenvalue weighted by Gasteiger charge is 2.45. The van der Waals surface area contributed by atoms with Gasteiger partial charge in [0, 0.05) is 6.54 Å². The lowest BCUT2D eigenvalue weighted by Gasteiger charge is -2.37. The number of alkyl halides is 3. The van der Waals surface area contributed by atoms with Crippen LogP contribution in [0.2, 0.25) is 0 Å². The molecule has 0 aromatic heterocycles. The van der Waals surface area contributed by atoms with Gasteiger partial charge in [0.25, 0.3) is 0 Å². The number of halogens is 3. The van der Waals surface area contributed by atoms with Crippen molar-refractivity contribution in [3.63, 3.8) is 0 Å². The summed E-state index contributed by atoms with van der Waals surface area (Å²) in [6.07, 6.45) is -4.30. The summed E-state index contributed by atoms with van der Waals surface area (Å²) in [7, 11) is 0. The van der Waals surface area contributed by atoms with E-state index in [0.717, 1.165) is 0 Å². The molecule has 1 aromatic carbocycles. The Bertz CT molecular complexity index is 401. The van der Waals surface area contributed by atoms with Crippen LogP contribution in [0.5, 0.6) is 0 Å². The molecule has 1 rings (SSSR count). The van der Waals surface area contributed by atoms with Crippen molar-refractivity contribution < 1.29 is 13.2 Å². The van der Waals surface area contributed by atoms with Gasteiger partial charge in [0.05, 0.1) is 0 Å². The van der Waals surface area contributed by atoms with Gasteiger partial charge in [-0.15, -0.1) is 0 Å². The van der Waals surface area contributed by atoms with Crippen LogP contribution in [0.25, 0.3) is 0 Å². The zero-order chi connectivity index (χ0) is 15.4. The zero-order valence-corrected chi connectivity index (χ0v) is 12.2. The molecule has 1 atom stereocenters. The lowest BCUT2D eigenvalue weighted by atomic mass is 9.91. The molecule has 2 nitrogen and oxygen atoms in total. The third kappa shape index (κ3) is 4.49. The van der Waals surface area contributed by atoms with E-state index in [-0.39, 0.29) is 11.0 Å². The maximum absolute atomic E-state index is 13.4. The van der Waals surface area contributed by atoms with Crippen molar-refractivity contribution in [2.75, 3.05) is 19.6 Å². The van der Waals surface area contributed by atoms with Crippen LogP contribution in [0.1, 0.15) is 32.4 Å². The molecule has 0 aliphatic carbocycles. The summed E-state index contributed by atoms with van der Waals surface area (Å²) in [6.45, 7) is 6.49. The quantitative estimate of drug-likeness (QED) is 0.866. The second-order valence-electron chi connectivity index (χ2n) is 5.79. The van der Waals surface area contributed by atoms with Crippen LogP contribution in [0, 0.1) is 5.41 Å². The van der Waals surface area contributed by atoms with Gasteiger partial charge in [-0.1, -0.05) is 51.1 Å². The molecule has 1 unspecified atom stereocenters. The Balaban J connectivity index is 3.10. The molecule has 0 radical (unpaired) electrons. The fourth-order valence-corrected chi connectivity index (χ4v) is 2.24. The van der Waals surface area contributed by atoms with Crippen molar-refractivity contribution in [2.24, 2.45) is 11.1 Å². The summed E-state index contributed by atoms with van der Waals surface area (Å²) < 4.78 is 40.3. The summed E-state index contributed by atoms with van der Waals surface area (Å²) >= 11 is 0. The second-order valence-corrected chi connectivity index (χ2v) is 5.79. The van der Waals surface area contributed by atoms with Crippen LogP contribution in [-0.2, 0) is 0 Å². The van der Waals surface area contributed by atoms with Crippen LogP contribution >= 0.6 is 0 Å². The van der Waals surface area contributed by atoms with E-state index in [1.807, 2.05) is 13.8 Å². The van der Waals surface area contributed by atoms with E-state index in [1.165, 1.54) is 17.0 Å². The van der Waals surface area contributed by atoms with Gasteiger partial charge in [-0.2, -0.15) is 13.2 Å². The Kier molecular flexibility index (Phi) is 5.59. The van der Waals surface area contributed by atoms with Crippen molar-refractivity contribution in [1.29, 1.82) is 0 Å². The van der Waals surface area contributed by atoms with E-state index >= 15 is 0 Å². The van der Waals surface area contributed by atoms with Gasteiger partial charge in [-0.05, 0) is 24.1 Å². The Hall–Kier alpha value is -1.07. The highest BCUT2D eigenvalue weighted by molar-refractivity contribution is 5.20. The van der Waals surface area contributed by atoms with Crippen LogP contribution < -0.4 is 5.73 Å². The number of nitrogens with zero attached hydrogens (tertiary/aromatic N) is 1. The van der Waals surface area contributed by atoms with E-state index in [4.69, 9.17) is 5.73 Å². The third-order valence-electron chi connectivity index (χ3n) is 3.38. The minimum absolute atomic E-state index is 0.273. The van der Waals surface area contributed by atoms with Gasteiger partial charge < -0.3 is 5.73 Å². The SMILES string of the molecule is CCN(CC(C)(C)CN)C(c1ccccc1)C(F)(F)F. The zero-order valence-electron chi connectivity index (χ0n) is 12.2. The molecule has 0 saturated heterocycles. The molecule has 0 saturated carbocycles. The summed E-state index contributed by atoms with van der Waals surface area (Å²) in [6, 6.07) is 6.45. The summed E-state index contributed by atoms with van der Waals surface area (Å²) in [4.78, 5) is 1.45. The van der Waals surface area contributed by atoms with E-state index in [2.05, 4.69) is 0 Å². The van der Waals surface area contributed by atoms with Crippen LogP contribution in [-0.4, -0.2) is 30.7 Å². The Morgan fingerprint density at radius 1 is 1.15 bits per heavy atom. The fraction of sp³-hybridized carbons (Fsp3) is 0.600. The smallest absolute Gasteiger partial charge is 0.330 e. The average molecular weight is 288 g/mol. The predicted molar refractivity (Wildman–Crippen MR) is 75.3 cm³/mol. The molecule has 0 bridgehead atoms. The molecule has 2 N–H and O–H groups in total. The first kappa shape index (κ1) is 17.0. The highest BCUT2D eigenvalue weighted by Crippen LogP contribution is 2.38. The standard InChI is InChI=1S/C15H23F3N2/c1-4-20(11-14(2,3)10-19)13(15(16,17)18)12-8-6-5-7-9-12/h5-9,13H,4,10-11,19H2,1-3H3. The molecule has 20 heavy (non-hydrogen) atoms. The third-order valence-corrected chi connectivity index (χ3v) is 3.38. The first-order valence-corrected chi connectivity index (χ1v) is 6.77. The number of hydrogen-bond acceptors (Lipinski definition) is 2. The number of rotatable bonds is 6. The average Bonchev–Trinajstić information content (AvgIpc) is 2.37. The van der Waals surface area contributed by atoms with Crippen LogP contribution in [0.3, 0.4) is 0 Å². The Labute approximate surface area is 118 Å². The van der Waals surface area contributed by atoms with Crippen LogP contribution in [0.4, 0.5) is 13.2 Å². The first-order chi connectivity index (χ1) is 9.21. The Morgan fingerprint density at radius 2 is 1.70 bits per heavy atom. The predicted octanol–water partition coefficient (Wildman–Crippen LogP) is 3.60. The molecule has 0 aliphatic heterocycles. The van der Waals surface area contributed by atoms with E-state index in [9.17, 15) is 13.2 Å². The largest absolute Gasteiger partial charge is 0.408 e. The van der Waals surface area contributed by atoms with Crippen LogP contribution in [0.15, 0.2) is 30.3 Å². The lowest BCUT2D eigenvalue weighted by molar-refractivity contribution is -0.189. The normalized spacial score (nSPS) is 14.6. The van der Waals surface area contributed by atoms with Gasteiger partial charge in [-0.25, -0.2) is 0 Å². The minimum atomic E-state index is -4.30. The minimum Gasteiger partial charge on any atom is -0.330 e. The van der Waals surface area contributed by atoms with Gasteiger partial charge in [0.15, 0.2) is 0 Å². The van der Waals surface area contributed by atoms with Gasteiger partial charge in [-0.3, -0.25) is 4.90 Å². The van der Waals surface area contributed by atoms with E-state index in [0.29, 0.717) is 19.6 Å². The molecule has 5 heteroatoms. The Morgan fingerprint density at radius 3 is 2.10 bits per heavy atom. The van der Waals surface area contributed by atoms with E-state index < -0.39 is 12.2 Å². The van der Waals surface area contributed by atoms with Crippen molar-refractivity contribution in [3.8, 4) is 0 Å². The van der Waals surface area contributed by atoms with Gasteiger partial charge >= 0.3 is 6.18 Å². The molecule has 0 aliphatic rings. The maximum Gasteiger partial charge on any atom is 0.408 e. The van der Waals surface area contributed by atoms with Crippen molar-refractivity contribution >= 4 is 0 Å². The maximum atomic E-state index is 13.4. The molecule has 0 heterocycles. The summed E-state index contributed by atoms with van der Waals surface area (Å²) in [5, 5.41) is 0. The first-order valence-electron chi connectivity index (χ1n) is 6.77. The number of benzene rings is 1. The number of hydrogen-bond donors (Lipinski definition) is 1. The molecule has 0 spiro atoms. The monoisotopic (exact) mass is 288 g/mol. The molecule has 0 fully saturated rings. The summed E-state index contributed by atoms with van der Waals surface area (Å²) in [5.41, 5.74) is 5.57. The number of nitrogens with two attached hydrogens (primary N) is 1. The fourth-order valence-electron chi connectivity index (χ4n) is 2.24.